The molecule has 0 bridgehead atoms. The summed E-state index contributed by atoms with van der Waals surface area (Å²) < 4.78 is 0. The average Bonchev–Trinajstić information content (AvgIpc) is 0. The Bertz CT molecular complexity index is 6.85. The van der Waals surface area contributed by atoms with Crippen LogP contribution in [-0.4, -0.2) is 0 Å². The number of hydrogen-bond acceptors (Lipinski definition) is 0. The fraction of sp³-hybridized carbons (Fsp3) is 0. The van der Waals surface area contributed by atoms with Crippen molar-refractivity contribution in [2.45, 2.75) is 0 Å². The first-order valence-electron chi connectivity index (χ1n) is 0. The maximum Gasteiger partial charge on any atom is 0 e. The predicted molar refractivity (Wildman–Crippen MR) is 2.06 cm³/mol. The van der Waals surface area contributed by atoms with E-state index in [0.29, 0.717) is 0 Å². The van der Waals surface area contributed by atoms with Crippen LogP contribution in [-0.2, 0) is 37.5 Å². The van der Waals surface area contributed by atoms with E-state index in [2.05, 4.69) is 0 Å². The topological polar surface area (TPSA) is 85.5 Å². The van der Waals surface area contributed by atoms with Crippen LogP contribution in [0, 0.1) is 41.7 Å². The number of rotatable bonds is 0. The summed E-state index contributed by atoms with van der Waals surface area (Å²) in [5.41, 5.74) is 0. The van der Waals surface area contributed by atoms with Gasteiger partial charge in [0.1, 0.15) is 0 Å². The second-order valence-corrected chi connectivity index (χ2v) is 0. The summed E-state index contributed by atoms with van der Waals surface area (Å²) in [6.45, 7) is 0. The molecule has 34 valence electrons. The SMILES string of the molecule is [Ce].[O-2].[O-2].[O-2].[W]. The van der Waals surface area contributed by atoms with E-state index in [1.54, 1.807) is 0 Å². The molecule has 0 aromatic rings. The van der Waals surface area contributed by atoms with Crippen molar-refractivity contribution in [3.05, 3.63) is 0 Å². The third-order valence-corrected chi connectivity index (χ3v) is 0. The minimum absolute atomic E-state index is 0. The average molecular weight is 372 g/mol. The molecule has 0 saturated carbocycles. The first kappa shape index (κ1) is 64.9. The first-order chi connectivity index (χ1) is 0. The molecule has 0 radical (unpaired) electrons. The molecule has 5 heavy (non-hydrogen) atoms. The molecule has 0 N–H and O–H groups in total. The van der Waals surface area contributed by atoms with E-state index in [9.17, 15) is 0 Å². The van der Waals surface area contributed by atoms with Crippen molar-refractivity contribution in [2.75, 3.05) is 0 Å². The van der Waals surface area contributed by atoms with Crippen molar-refractivity contribution >= 4 is 0 Å². The Hall–Kier alpha value is 1.94. The van der Waals surface area contributed by atoms with Gasteiger partial charge in [0.25, 0.3) is 0 Å². The summed E-state index contributed by atoms with van der Waals surface area (Å²) >= 11 is 0. The molecule has 0 rings (SSSR count). The van der Waals surface area contributed by atoms with Crippen LogP contribution >= 0.6 is 0 Å². The molecule has 0 aromatic carbocycles. The van der Waals surface area contributed by atoms with Crippen LogP contribution in [0.3, 0.4) is 0 Å². The van der Waals surface area contributed by atoms with Gasteiger partial charge in [0.2, 0.25) is 0 Å². The molecular weight excluding hydrogens is 372 g/mol. The fourth-order valence-corrected chi connectivity index (χ4v) is 0. The Labute approximate surface area is 78.1 Å². The van der Waals surface area contributed by atoms with E-state index >= 15 is 0 Å². The molecule has 0 atom stereocenters. The molecule has 0 aliphatic carbocycles. The molecule has 0 unspecified atom stereocenters. The van der Waals surface area contributed by atoms with Crippen molar-refractivity contribution in [3.63, 3.8) is 0 Å². The molecule has 0 aliphatic heterocycles. The van der Waals surface area contributed by atoms with Crippen LogP contribution in [0.1, 0.15) is 0 Å². The van der Waals surface area contributed by atoms with Gasteiger partial charge >= 0.3 is 0 Å². The molecule has 0 fully saturated rings. The van der Waals surface area contributed by atoms with Gasteiger partial charge in [-0.05, 0) is 0 Å². The largest absolute Gasteiger partial charge is 2.00 e. The zero-order chi connectivity index (χ0) is 0. The molecule has 0 spiro atoms. The Morgan fingerprint density at radius 2 is 0.600 bits per heavy atom. The third kappa shape index (κ3) is 24.5. The summed E-state index contributed by atoms with van der Waals surface area (Å²) in [4.78, 5) is 0. The summed E-state index contributed by atoms with van der Waals surface area (Å²) in [5, 5.41) is 0. The minimum atomic E-state index is 0. The van der Waals surface area contributed by atoms with Crippen LogP contribution in [0.4, 0.5) is 0 Å². The molecule has 0 aliphatic rings. The molecule has 0 aromatic heterocycles. The van der Waals surface area contributed by atoms with E-state index in [0.717, 1.165) is 0 Å². The van der Waals surface area contributed by atoms with Gasteiger partial charge in [-0.15, -0.1) is 0 Å². The Morgan fingerprint density at radius 3 is 0.600 bits per heavy atom. The van der Waals surface area contributed by atoms with Crippen molar-refractivity contribution in [1.82, 2.24) is 0 Å². The van der Waals surface area contributed by atoms with E-state index < -0.39 is 0 Å². The van der Waals surface area contributed by atoms with E-state index in [-0.39, 0.29) is 79.2 Å². The monoisotopic (exact) mass is 372 g/mol. The van der Waals surface area contributed by atoms with Gasteiger partial charge in [0.05, 0.1) is 0 Å². The zero-order valence-corrected chi connectivity index (χ0v) is 8.21. The fourth-order valence-electron chi connectivity index (χ4n) is 0. The molecule has 0 heterocycles. The predicted octanol–water partition coefficient (Wildman–Crippen LogP) is -0.359. The van der Waals surface area contributed by atoms with E-state index in [4.69, 9.17) is 0 Å². The Kier molecular flexibility index (Phi) is 499. The zero-order valence-electron chi connectivity index (χ0n) is 2.13. The molecule has 0 amide bonds. The van der Waals surface area contributed by atoms with Gasteiger partial charge in [-0.25, -0.2) is 0 Å². The van der Waals surface area contributed by atoms with Crippen molar-refractivity contribution in [1.29, 1.82) is 0 Å². The van der Waals surface area contributed by atoms with Crippen LogP contribution in [0.15, 0.2) is 0 Å². The smallest absolute Gasteiger partial charge is 0 e. The maximum atomic E-state index is 0. The van der Waals surface area contributed by atoms with Crippen LogP contribution in [0.5, 0.6) is 0 Å². The Balaban J connectivity index is 0. The van der Waals surface area contributed by atoms with Gasteiger partial charge in [0, 0.05) is 62.8 Å². The van der Waals surface area contributed by atoms with Gasteiger partial charge in [-0.3, -0.25) is 0 Å². The van der Waals surface area contributed by atoms with Crippen LogP contribution < -0.4 is 0 Å². The number of hydrogen-bond donors (Lipinski definition) is 0. The minimum Gasteiger partial charge on any atom is -2.00 e. The van der Waals surface area contributed by atoms with Gasteiger partial charge < -0.3 is 16.4 Å². The summed E-state index contributed by atoms with van der Waals surface area (Å²) in [6.07, 6.45) is 0. The summed E-state index contributed by atoms with van der Waals surface area (Å²) in [5.74, 6) is 0. The van der Waals surface area contributed by atoms with E-state index in [1.165, 1.54) is 0 Å². The first-order valence-corrected chi connectivity index (χ1v) is 0. The van der Waals surface area contributed by atoms with Crippen LogP contribution in [0.2, 0.25) is 0 Å². The van der Waals surface area contributed by atoms with Gasteiger partial charge in [-0.2, -0.15) is 0 Å². The second kappa shape index (κ2) is 38.4. The van der Waals surface area contributed by atoms with Gasteiger partial charge in [0.15, 0.2) is 0 Å². The molecule has 0 saturated heterocycles. The van der Waals surface area contributed by atoms with Crippen LogP contribution in [0.25, 0.3) is 0 Å². The van der Waals surface area contributed by atoms with Crippen molar-refractivity contribution in [2.24, 2.45) is 0 Å². The maximum absolute atomic E-state index is 0. The van der Waals surface area contributed by atoms with Crippen molar-refractivity contribution < 1.29 is 79.2 Å². The van der Waals surface area contributed by atoms with E-state index in [1.807, 2.05) is 0 Å². The third-order valence-electron chi connectivity index (χ3n) is 0. The second-order valence-electron chi connectivity index (χ2n) is 0. The van der Waals surface area contributed by atoms with Gasteiger partial charge in [-0.1, -0.05) is 0 Å². The normalized spacial score (nSPS) is 0. The molecule has 3 nitrogen and oxygen atoms in total. The standard InChI is InChI=1S/Ce.3O.W/q;3*-2;. The molecule has 5 heteroatoms. The molecular formula is CeO3W-6. The quantitative estimate of drug-likeness (QED) is 0.557. The van der Waals surface area contributed by atoms with Crippen molar-refractivity contribution in [3.8, 4) is 0 Å². The Morgan fingerprint density at radius 1 is 0.600 bits per heavy atom. The summed E-state index contributed by atoms with van der Waals surface area (Å²) in [7, 11) is 0. The summed E-state index contributed by atoms with van der Waals surface area (Å²) in [6, 6.07) is 0.